The van der Waals surface area contributed by atoms with Gasteiger partial charge in [-0.05, 0) is 37.7 Å². The molecule has 21 heavy (non-hydrogen) atoms. The number of carbonyl (C=O) groups excluding carboxylic acids is 1. The molecule has 5 nitrogen and oxygen atoms in total. The zero-order valence-corrected chi connectivity index (χ0v) is 11.8. The highest BCUT2D eigenvalue weighted by Crippen LogP contribution is 2.44. The van der Waals surface area contributed by atoms with Gasteiger partial charge in [-0.3, -0.25) is 4.90 Å². The highest BCUT2D eigenvalue weighted by Gasteiger charge is 2.56. The smallest absolute Gasteiger partial charge is 0.411 e. The van der Waals surface area contributed by atoms with Crippen molar-refractivity contribution in [3.05, 3.63) is 35.9 Å². The fraction of sp³-hybridized carbons (Fsp3) is 0.500. The summed E-state index contributed by atoms with van der Waals surface area (Å²) in [6.07, 6.45) is 3.05. The fourth-order valence-corrected chi connectivity index (χ4v) is 3.58. The monoisotopic (exact) mass is 289 g/mol. The number of hydrogen-bond acceptors (Lipinski definition) is 3. The Kier molecular flexibility index (Phi) is 3.57. The number of nitrogens with zero attached hydrogens (tertiary/aromatic N) is 1. The molecule has 1 aromatic carbocycles. The van der Waals surface area contributed by atoms with E-state index in [9.17, 15) is 14.7 Å². The van der Waals surface area contributed by atoms with Gasteiger partial charge in [0, 0.05) is 6.04 Å². The molecule has 1 amide bonds. The fourth-order valence-electron chi connectivity index (χ4n) is 3.58. The second kappa shape index (κ2) is 5.39. The maximum Gasteiger partial charge on any atom is 0.411 e. The van der Waals surface area contributed by atoms with Crippen LogP contribution in [0.2, 0.25) is 0 Å². The molecule has 2 bridgehead atoms. The van der Waals surface area contributed by atoms with Gasteiger partial charge in [-0.1, -0.05) is 30.3 Å². The van der Waals surface area contributed by atoms with Gasteiger partial charge in [0.1, 0.15) is 12.1 Å². The van der Waals surface area contributed by atoms with Crippen LogP contribution in [0.15, 0.2) is 30.3 Å². The SMILES string of the molecule is O=C(OCc1ccccc1)N1C2CCCC1(C(=O)O)CC2. The first-order valence-electron chi connectivity index (χ1n) is 7.37. The minimum Gasteiger partial charge on any atom is -0.479 e. The van der Waals surface area contributed by atoms with Crippen molar-refractivity contribution >= 4 is 12.1 Å². The summed E-state index contributed by atoms with van der Waals surface area (Å²) < 4.78 is 5.35. The Bertz CT molecular complexity index is 540. The van der Waals surface area contributed by atoms with Crippen LogP contribution in [0, 0.1) is 0 Å². The van der Waals surface area contributed by atoms with Gasteiger partial charge in [0.05, 0.1) is 0 Å². The van der Waals surface area contributed by atoms with Crippen LogP contribution in [0.4, 0.5) is 4.79 Å². The predicted octanol–water partition coefficient (Wildman–Crippen LogP) is 2.79. The summed E-state index contributed by atoms with van der Waals surface area (Å²) >= 11 is 0. The Balaban J connectivity index is 1.73. The van der Waals surface area contributed by atoms with Crippen LogP contribution in [0.25, 0.3) is 0 Å². The van der Waals surface area contributed by atoms with Gasteiger partial charge in [-0.15, -0.1) is 0 Å². The molecule has 2 saturated heterocycles. The molecule has 2 aliphatic heterocycles. The lowest BCUT2D eigenvalue weighted by atomic mass is 9.89. The molecule has 0 radical (unpaired) electrons. The maximum absolute atomic E-state index is 12.4. The molecule has 0 aliphatic carbocycles. The summed E-state index contributed by atoms with van der Waals surface area (Å²) in [5.41, 5.74) is -0.143. The normalized spacial score (nSPS) is 27.4. The molecular weight excluding hydrogens is 270 g/mol. The topological polar surface area (TPSA) is 66.8 Å². The average Bonchev–Trinajstić information content (AvgIpc) is 2.73. The Morgan fingerprint density at radius 3 is 2.71 bits per heavy atom. The van der Waals surface area contributed by atoms with Crippen molar-refractivity contribution in [1.82, 2.24) is 4.90 Å². The average molecular weight is 289 g/mol. The molecule has 0 aromatic heterocycles. The molecule has 3 rings (SSSR count). The number of carboxylic acid groups (broad SMARTS) is 1. The van der Waals surface area contributed by atoms with E-state index in [1.54, 1.807) is 0 Å². The molecular formula is C16H19NO4. The lowest BCUT2D eigenvalue weighted by molar-refractivity contribution is -0.151. The van der Waals surface area contributed by atoms with Crippen LogP contribution in [0.3, 0.4) is 0 Å². The lowest BCUT2D eigenvalue weighted by Crippen LogP contribution is -2.57. The molecule has 2 aliphatic rings. The van der Waals surface area contributed by atoms with Crippen molar-refractivity contribution in [2.45, 2.75) is 50.3 Å². The summed E-state index contributed by atoms with van der Waals surface area (Å²) in [6.45, 7) is 0.179. The predicted molar refractivity (Wildman–Crippen MR) is 75.7 cm³/mol. The van der Waals surface area contributed by atoms with E-state index >= 15 is 0 Å². The summed E-state index contributed by atoms with van der Waals surface area (Å²) in [4.78, 5) is 25.5. The molecule has 0 saturated carbocycles. The van der Waals surface area contributed by atoms with E-state index in [2.05, 4.69) is 0 Å². The van der Waals surface area contributed by atoms with Crippen molar-refractivity contribution in [2.24, 2.45) is 0 Å². The number of aliphatic carboxylic acids is 1. The van der Waals surface area contributed by atoms with Gasteiger partial charge >= 0.3 is 12.1 Å². The number of benzene rings is 1. The van der Waals surface area contributed by atoms with E-state index in [0.717, 1.165) is 24.8 Å². The van der Waals surface area contributed by atoms with Crippen molar-refractivity contribution in [3.8, 4) is 0 Å². The van der Waals surface area contributed by atoms with E-state index in [1.807, 2.05) is 30.3 Å². The summed E-state index contributed by atoms with van der Waals surface area (Å²) in [5, 5.41) is 9.57. The lowest BCUT2D eigenvalue weighted by Gasteiger charge is -2.40. The van der Waals surface area contributed by atoms with Crippen LogP contribution in [0.1, 0.15) is 37.7 Å². The van der Waals surface area contributed by atoms with Crippen LogP contribution in [-0.2, 0) is 16.1 Å². The van der Waals surface area contributed by atoms with E-state index in [1.165, 1.54) is 4.90 Å². The van der Waals surface area contributed by atoms with Crippen molar-refractivity contribution in [1.29, 1.82) is 0 Å². The number of carboxylic acids is 1. The molecule has 0 spiro atoms. The van der Waals surface area contributed by atoms with E-state index in [-0.39, 0.29) is 12.6 Å². The van der Waals surface area contributed by atoms with Gasteiger partial charge in [-0.2, -0.15) is 0 Å². The third-order valence-electron chi connectivity index (χ3n) is 4.65. The van der Waals surface area contributed by atoms with Gasteiger partial charge in [0.2, 0.25) is 0 Å². The molecule has 1 aromatic rings. The summed E-state index contributed by atoms with van der Waals surface area (Å²) in [6, 6.07) is 9.43. The van der Waals surface area contributed by atoms with E-state index < -0.39 is 17.6 Å². The molecule has 1 N–H and O–H groups in total. The molecule has 2 fully saturated rings. The van der Waals surface area contributed by atoms with Gasteiger partial charge < -0.3 is 9.84 Å². The second-order valence-corrected chi connectivity index (χ2v) is 5.83. The Labute approximate surface area is 123 Å². The van der Waals surface area contributed by atoms with Crippen LogP contribution >= 0.6 is 0 Å². The standard InChI is InChI=1S/C16H19NO4/c18-14(19)16-9-4-7-13(8-10-16)17(16)15(20)21-11-12-5-2-1-3-6-12/h1-3,5-6,13H,4,7-11H2,(H,18,19). The number of fused-ring (bicyclic) bond motifs is 2. The van der Waals surface area contributed by atoms with Gasteiger partial charge in [0.15, 0.2) is 0 Å². The largest absolute Gasteiger partial charge is 0.479 e. The minimum absolute atomic E-state index is 0.0122. The number of hydrogen-bond donors (Lipinski definition) is 1. The van der Waals surface area contributed by atoms with Crippen molar-refractivity contribution in [2.75, 3.05) is 0 Å². The number of amides is 1. The zero-order chi connectivity index (χ0) is 14.9. The van der Waals surface area contributed by atoms with Crippen LogP contribution in [-0.4, -0.2) is 33.6 Å². The zero-order valence-electron chi connectivity index (χ0n) is 11.8. The van der Waals surface area contributed by atoms with E-state index in [0.29, 0.717) is 12.8 Å². The van der Waals surface area contributed by atoms with Gasteiger partial charge in [0.25, 0.3) is 0 Å². The molecule has 2 heterocycles. The first-order chi connectivity index (χ1) is 10.1. The third kappa shape index (κ3) is 2.37. The molecule has 5 heteroatoms. The Morgan fingerprint density at radius 2 is 2.00 bits per heavy atom. The number of carbonyl (C=O) groups is 2. The first kappa shape index (κ1) is 13.9. The molecule has 2 unspecified atom stereocenters. The Hall–Kier alpha value is -2.04. The maximum atomic E-state index is 12.4. The Morgan fingerprint density at radius 1 is 1.24 bits per heavy atom. The third-order valence-corrected chi connectivity index (χ3v) is 4.65. The molecule has 112 valence electrons. The van der Waals surface area contributed by atoms with Crippen molar-refractivity contribution < 1.29 is 19.4 Å². The van der Waals surface area contributed by atoms with Gasteiger partial charge in [-0.25, -0.2) is 9.59 Å². The number of rotatable bonds is 3. The van der Waals surface area contributed by atoms with Crippen molar-refractivity contribution in [3.63, 3.8) is 0 Å². The van der Waals surface area contributed by atoms with Crippen LogP contribution < -0.4 is 0 Å². The summed E-state index contributed by atoms with van der Waals surface area (Å²) in [5.74, 6) is -0.902. The summed E-state index contributed by atoms with van der Waals surface area (Å²) in [7, 11) is 0. The highest BCUT2D eigenvalue weighted by atomic mass is 16.6. The first-order valence-corrected chi connectivity index (χ1v) is 7.37. The minimum atomic E-state index is -1.04. The molecule has 2 atom stereocenters. The van der Waals surface area contributed by atoms with Crippen LogP contribution in [0.5, 0.6) is 0 Å². The second-order valence-electron chi connectivity index (χ2n) is 5.83. The number of ether oxygens (including phenoxy) is 1. The number of piperidine rings is 1. The quantitative estimate of drug-likeness (QED) is 0.929. The highest BCUT2D eigenvalue weighted by molar-refractivity contribution is 5.85. The van der Waals surface area contributed by atoms with E-state index in [4.69, 9.17) is 4.74 Å².